The summed E-state index contributed by atoms with van der Waals surface area (Å²) in [5.74, 6) is 0.560. The number of carbonyl (C=O) groups excluding carboxylic acids is 1. The van der Waals surface area contributed by atoms with Crippen LogP contribution in [0, 0.1) is 5.92 Å². The van der Waals surface area contributed by atoms with Gasteiger partial charge in [0.15, 0.2) is 0 Å². The number of hydrogen-bond acceptors (Lipinski definition) is 4. The predicted octanol–water partition coefficient (Wildman–Crippen LogP) is 2.28. The van der Waals surface area contributed by atoms with Crippen LogP contribution in [0.15, 0.2) is 5.38 Å². The van der Waals surface area contributed by atoms with Crippen molar-refractivity contribution in [2.24, 2.45) is 11.7 Å². The molecule has 0 aromatic carbocycles. The number of carbonyl (C=O) groups is 1. The van der Waals surface area contributed by atoms with Gasteiger partial charge in [-0.05, 0) is 18.8 Å². The summed E-state index contributed by atoms with van der Waals surface area (Å²) in [7, 11) is 0. The molecule has 1 aliphatic rings. The van der Waals surface area contributed by atoms with Crippen LogP contribution in [0.2, 0.25) is 0 Å². The van der Waals surface area contributed by atoms with E-state index in [4.69, 9.17) is 5.73 Å². The third-order valence-corrected chi connectivity index (χ3v) is 3.63. The molecule has 1 aromatic heterocycles. The topological polar surface area (TPSA) is 59.2 Å². The van der Waals surface area contributed by atoms with E-state index in [0.29, 0.717) is 24.2 Å². The SMILES string of the molecule is CC(C)CN(C(=O)c1csc(CN)n1)C1CC1.Cl. The number of aromatic nitrogens is 1. The second-order valence-corrected chi connectivity index (χ2v) is 5.86. The first kappa shape index (κ1) is 15.4. The molecule has 18 heavy (non-hydrogen) atoms. The highest BCUT2D eigenvalue weighted by atomic mass is 35.5. The Labute approximate surface area is 118 Å². The highest BCUT2D eigenvalue weighted by Gasteiger charge is 2.34. The van der Waals surface area contributed by atoms with Crippen molar-refractivity contribution in [1.29, 1.82) is 0 Å². The molecular formula is C12H20ClN3OS. The van der Waals surface area contributed by atoms with Gasteiger partial charge in [0.1, 0.15) is 10.7 Å². The molecule has 1 aliphatic carbocycles. The molecule has 1 fully saturated rings. The lowest BCUT2D eigenvalue weighted by molar-refractivity contribution is 0.0717. The highest BCUT2D eigenvalue weighted by Crippen LogP contribution is 2.29. The summed E-state index contributed by atoms with van der Waals surface area (Å²) in [5, 5.41) is 2.65. The van der Waals surface area contributed by atoms with Crippen molar-refractivity contribution in [3.8, 4) is 0 Å². The first-order valence-electron chi connectivity index (χ1n) is 6.07. The van der Waals surface area contributed by atoms with Crippen LogP contribution in [0.25, 0.3) is 0 Å². The van der Waals surface area contributed by atoms with Gasteiger partial charge < -0.3 is 10.6 Å². The van der Waals surface area contributed by atoms with Gasteiger partial charge in [-0.15, -0.1) is 23.7 Å². The second kappa shape index (κ2) is 6.50. The molecule has 1 amide bonds. The molecule has 0 atom stereocenters. The molecule has 0 spiro atoms. The van der Waals surface area contributed by atoms with Crippen molar-refractivity contribution in [3.63, 3.8) is 0 Å². The Hall–Kier alpha value is -0.650. The van der Waals surface area contributed by atoms with Crippen molar-refractivity contribution in [2.75, 3.05) is 6.54 Å². The highest BCUT2D eigenvalue weighted by molar-refractivity contribution is 7.09. The summed E-state index contributed by atoms with van der Waals surface area (Å²) in [6.07, 6.45) is 2.26. The van der Waals surface area contributed by atoms with Crippen LogP contribution in [-0.4, -0.2) is 28.4 Å². The number of nitrogens with zero attached hydrogens (tertiary/aromatic N) is 2. The molecule has 6 heteroatoms. The Morgan fingerprint density at radius 1 is 1.61 bits per heavy atom. The van der Waals surface area contributed by atoms with Crippen molar-refractivity contribution < 1.29 is 4.79 Å². The van der Waals surface area contributed by atoms with Crippen LogP contribution in [-0.2, 0) is 6.54 Å². The number of hydrogen-bond donors (Lipinski definition) is 1. The number of amides is 1. The van der Waals surface area contributed by atoms with Gasteiger partial charge in [0.25, 0.3) is 5.91 Å². The van der Waals surface area contributed by atoms with Crippen molar-refractivity contribution in [2.45, 2.75) is 39.3 Å². The molecule has 0 radical (unpaired) electrons. The maximum absolute atomic E-state index is 12.3. The monoisotopic (exact) mass is 289 g/mol. The lowest BCUT2D eigenvalue weighted by atomic mass is 10.2. The largest absolute Gasteiger partial charge is 0.334 e. The van der Waals surface area contributed by atoms with Gasteiger partial charge in [-0.2, -0.15) is 0 Å². The van der Waals surface area contributed by atoms with E-state index >= 15 is 0 Å². The third kappa shape index (κ3) is 3.67. The van der Waals surface area contributed by atoms with E-state index in [1.54, 1.807) is 0 Å². The Balaban J connectivity index is 0.00000162. The van der Waals surface area contributed by atoms with Gasteiger partial charge in [-0.1, -0.05) is 13.8 Å². The summed E-state index contributed by atoms with van der Waals surface area (Å²) in [6, 6.07) is 0.438. The standard InChI is InChI=1S/C12H19N3OS.ClH/c1-8(2)6-15(9-3-4-9)12(16)10-7-17-11(5-13)14-10;/h7-9H,3-6,13H2,1-2H3;1H. The zero-order valence-corrected chi connectivity index (χ0v) is 12.4. The number of halogens is 1. The van der Waals surface area contributed by atoms with Gasteiger partial charge in [-0.3, -0.25) is 4.79 Å². The first-order chi connectivity index (χ1) is 8.11. The zero-order chi connectivity index (χ0) is 12.4. The molecular weight excluding hydrogens is 270 g/mol. The smallest absolute Gasteiger partial charge is 0.273 e. The minimum Gasteiger partial charge on any atom is -0.334 e. The maximum Gasteiger partial charge on any atom is 0.273 e. The van der Waals surface area contributed by atoms with Crippen LogP contribution < -0.4 is 5.73 Å². The molecule has 1 heterocycles. The molecule has 0 bridgehead atoms. The molecule has 2 rings (SSSR count). The quantitative estimate of drug-likeness (QED) is 0.905. The fraction of sp³-hybridized carbons (Fsp3) is 0.667. The summed E-state index contributed by atoms with van der Waals surface area (Å²) in [6.45, 7) is 5.49. The van der Waals surface area contributed by atoms with E-state index in [-0.39, 0.29) is 18.3 Å². The molecule has 102 valence electrons. The Morgan fingerprint density at radius 2 is 2.28 bits per heavy atom. The molecule has 0 saturated heterocycles. The molecule has 0 unspecified atom stereocenters. The lowest BCUT2D eigenvalue weighted by Crippen LogP contribution is -2.36. The average molecular weight is 290 g/mol. The minimum absolute atomic E-state index is 0. The van der Waals surface area contributed by atoms with Gasteiger partial charge in [0.2, 0.25) is 0 Å². The van der Waals surface area contributed by atoms with E-state index < -0.39 is 0 Å². The number of nitrogens with two attached hydrogens (primary N) is 1. The maximum atomic E-state index is 12.3. The van der Waals surface area contributed by atoms with Crippen molar-refractivity contribution in [3.05, 3.63) is 16.1 Å². The summed E-state index contributed by atoms with van der Waals surface area (Å²) < 4.78 is 0. The van der Waals surface area contributed by atoms with Crippen LogP contribution in [0.5, 0.6) is 0 Å². The van der Waals surface area contributed by atoms with E-state index in [2.05, 4.69) is 18.8 Å². The lowest BCUT2D eigenvalue weighted by Gasteiger charge is -2.23. The van der Waals surface area contributed by atoms with E-state index in [9.17, 15) is 4.79 Å². The van der Waals surface area contributed by atoms with E-state index in [1.165, 1.54) is 11.3 Å². The summed E-state index contributed by atoms with van der Waals surface area (Å²) >= 11 is 1.46. The molecule has 1 aromatic rings. The first-order valence-corrected chi connectivity index (χ1v) is 6.95. The van der Waals surface area contributed by atoms with Crippen LogP contribution in [0.4, 0.5) is 0 Å². The molecule has 0 aliphatic heterocycles. The van der Waals surface area contributed by atoms with Gasteiger partial charge in [0.05, 0.1) is 0 Å². The normalized spacial score (nSPS) is 14.4. The van der Waals surface area contributed by atoms with E-state index in [1.807, 2.05) is 10.3 Å². The summed E-state index contributed by atoms with van der Waals surface area (Å²) in [5.41, 5.74) is 6.07. The summed E-state index contributed by atoms with van der Waals surface area (Å²) in [4.78, 5) is 18.6. The van der Waals surface area contributed by atoms with E-state index in [0.717, 1.165) is 24.4 Å². The van der Waals surface area contributed by atoms with Gasteiger partial charge in [0, 0.05) is 24.5 Å². The number of thiazole rings is 1. The Bertz CT molecular complexity index is 404. The molecule has 4 nitrogen and oxygen atoms in total. The molecule has 1 saturated carbocycles. The predicted molar refractivity (Wildman–Crippen MR) is 76.1 cm³/mol. The fourth-order valence-corrected chi connectivity index (χ4v) is 2.48. The van der Waals surface area contributed by atoms with Crippen LogP contribution in [0.3, 0.4) is 0 Å². The average Bonchev–Trinajstić information content (AvgIpc) is 3.02. The van der Waals surface area contributed by atoms with Crippen LogP contribution >= 0.6 is 23.7 Å². The fourth-order valence-electron chi connectivity index (χ4n) is 1.83. The zero-order valence-electron chi connectivity index (χ0n) is 10.8. The second-order valence-electron chi connectivity index (χ2n) is 4.91. The Morgan fingerprint density at radius 3 is 2.72 bits per heavy atom. The Kier molecular flexibility index (Phi) is 5.56. The van der Waals surface area contributed by atoms with Crippen molar-refractivity contribution in [1.82, 2.24) is 9.88 Å². The van der Waals surface area contributed by atoms with Gasteiger partial charge in [-0.25, -0.2) is 4.98 Å². The third-order valence-electron chi connectivity index (χ3n) is 2.76. The van der Waals surface area contributed by atoms with Gasteiger partial charge >= 0.3 is 0 Å². The van der Waals surface area contributed by atoms with Crippen LogP contribution in [0.1, 0.15) is 42.2 Å². The molecule has 2 N–H and O–H groups in total. The minimum atomic E-state index is 0. The van der Waals surface area contributed by atoms with Crippen molar-refractivity contribution >= 4 is 29.7 Å². The number of rotatable bonds is 5.